The van der Waals surface area contributed by atoms with Gasteiger partial charge in [0.25, 0.3) is 0 Å². The molecule has 0 spiro atoms. The number of hydrogen-bond acceptors (Lipinski definition) is 4. The normalized spacial score (nSPS) is 17.2. The largest absolute Gasteiger partial charge is 0.486 e. The summed E-state index contributed by atoms with van der Waals surface area (Å²) in [6, 6.07) is 5.65. The average Bonchev–Trinajstić information content (AvgIpc) is 2.37. The highest BCUT2D eigenvalue weighted by molar-refractivity contribution is 7.85. The topological polar surface area (TPSA) is 61.6 Å². The van der Waals surface area contributed by atoms with Gasteiger partial charge in [0, 0.05) is 22.8 Å². The summed E-state index contributed by atoms with van der Waals surface area (Å²) >= 11 is 0. The fraction of sp³-hybridized carbons (Fsp3) is 0.538. The number of nitrogens with two attached hydrogens (primary N) is 1. The van der Waals surface area contributed by atoms with E-state index in [1.165, 1.54) is 0 Å². The van der Waals surface area contributed by atoms with Gasteiger partial charge in [0.1, 0.15) is 13.2 Å². The van der Waals surface area contributed by atoms with Crippen LogP contribution in [-0.2, 0) is 10.8 Å². The second-order valence-corrected chi connectivity index (χ2v) is 6.05. The van der Waals surface area contributed by atoms with E-state index in [2.05, 4.69) is 0 Å². The molecule has 0 aliphatic carbocycles. The highest BCUT2D eigenvalue weighted by Gasteiger charge is 2.14. The van der Waals surface area contributed by atoms with Crippen LogP contribution in [0.1, 0.15) is 19.8 Å². The van der Waals surface area contributed by atoms with Gasteiger partial charge >= 0.3 is 0 Å². The van der Waals surface area contributed by atoms with E-state index < -0.39 is 10.8 Å². The SMILES string of the molecule is CC(N)CCCS(=O)c1ccc2c(c1)OCCO2. The van der Waals surface area contributed by atoms with Crippen LogP contribution < -0.4 is 15.2 Å². The molecular formula is C13H19NO3S. The van der Waals surface area contributed by atoms with Crippen LogP contribution in [0, 0.1) is 0 Å². The van der Waals surface area contributed by atoms with Crippen LogP contribution in [0.2, 0.25) is 0 Å². The molecule has 100 valence electrons. The summed E-state index contributed by atoms with van der Waals surface area (Å²) < 4.78 is 23.0. The van der Waals surface area contributed by atoms with Gasteiger partial charge in [0.2, 0.25) is 0 Å². The number of benzene rings is 1. The third kappa shape index (κ3) is 3.46. The highest BCUT2D eigenvalue weighted by atomic mass is 32.2. The van der Waals surface area contributed by atoms with Gasteiger partial charge in [0.15, 0.2) is 11.5 Å². The van der Waals surface area contributed by atoms with Crippen LogP contribution in [0.4, 0.5) is 0 Å². The molecule has 1 aliphatic heterocycles. The number of rotatable bonds is 5. The van der Waals surface area contributed by atoms with Gasteiger partial charge in [-0.15, -0.1) is 0 Å². The molecule has 1 aromatic rings. The van der Waals surface area contributed by atoms with E-state index in [-0.39, 0.29) is 6.04 Å². The van der Waals surface area contributed by atoms with E-state index in [4.69, 9.17) is 15.2 Å². The molecular weight excluding hydrogens is 250 g/mol. The Balaban J connectivity index is 1.98. The van der Waals surface area contributed by atoms with Crippen molar-refractivity contribution in [3.05, 3.63) is 18.2 Å². The lowest BCUT2D eigenvalue weighted by molar-refractivity contribution is 0.171. The Morgan fingerprint density at radius 3 is 2.78 bits per heavy atom. The summed E-state index contributed by atoms with van der Waals surface area (Å²) in [5.41, 5.74) is 5.67. The third-order valence-corrected chi connectivity index (χ3v) is 4.20. The second kappa shape index (κ2) is 6.20. The van der Waals surface area contributed by atoms with E-state index in [9.17, 15) is 4.21 Å². The maximum Gasteiger partial charge on any atom is 0.162 e. The monoisotopic (exact) mass is 269 g/mol. The van der Waals surface area contributed by atoms with Crippen LogP contribution in [0.25, 0.3) is 0 Å². The smallest absolute Gasteiger partial charge is 0.162 e. The first-order valence-corrected chi connectivity index (χ1v) is 7.52. The molecule has 18 heavy (non-hydrogen) atoms. The van der Waals surface area contributed by atoms with Gasteiger partial charge in [0.05, 0.1) is 10.8 Å². The Kier molecular flexibility index (Phi) is 4.60. The van der Waals surface area contributed by atoms with Crippen LogP contribution >= 0.6 is 0 Å². The van der Waals surface area contributed by atoms with Crippen molar-refractivity contribution < 1.29 is 13.7 Å². The van der Waals surface area contributed by atoms with Crippen molar-refractivity contribution in [2.24, 2.45) is 5.73 Å². The fourth-order valence-corrected chi connectivity index (χ4v) is 2.94. The molecule has 1 aromatic carbocycles. The zero-order chi connectivity index (χ0) is 13.0. The van der Waals surface area contributed by atoms with E-state index in [1.807, 2.05) is 25.1 Å². The molecule has 2 rings (SSSR count). The van der Waals surface area contributed by atoms with Crippen molar-refractivity contribution >= 4 is 10.8 Å². The summed E-state index contributed by atoms with van der Waals surface area (Å²) in [5.74, 6) is 2.07. The summed E-state index contributed by atoms with van der Waals surface area (Å²) in [7, 11) is -0.989. The van der Waals surface area contributed by atoms with Crippen LogP contribution in [0.15, 0.2) is 23.1 Å². The lowest BCUT2D eigenvalue weighted by Gasteiger charge is -2.18. The van der Waals surface area contributed by atoms with Crippen molar-refractivity contribution in [3.63, 3.8) is 0 Å². The van der Waals surface area contributed by atoms with Crippen LogP contribution in [-0.4, -0.2) is 29.2 Å². The van der Waals surface area contributed by atoms with E-state index in [0.29, 0.717) is 24.7 Å². The zero-order valence-electron chi connectivity index (χ0n) is 10.6. The van der Waals surface area contributed by atoms with Gasteiger partial charge < -0.3 is 15.2 Å². The highest BCUT2D eigenvalue weighted by Crippen LogP contribution is 2.31. The summed E-state index contributed by atoms with van der Waals surface area (Å²) in [6.07, 6.45) is 1.77. The minimum Gasteiger partial charge on any atom is -0.486 e. The molecule has 0 saturated carbocycles. The Morgan fingerprint density at radius 1 is 1.33 bits per heavy atom. The predicted molar refractivity (Wildman–Crippen MR) is 71.6 cm³/mol. The van der Waals surface area contributed by atoms with Crippen molar-refractivity contribution in [3.8, 4) is 11.5 Å². The molecule has 0 bridgehead atoms. The van der Waals surface area contributed by atoms with Gasteiger partial charge in [-0.05, 0) is 31.9 Å². The van der Waals surface area contributed by atoms with Crippen molar-refractivity contribution in [2.45, 2.75) is 30.7 Å². The quantitative estimate of drug-likeness (QED) is 0.883. The average molecular weight is 269 g/mol. The molecule has 0 amide bonds. The summed E-state index contributed by atoms with van der Waals surface area (Å²) in [5, 5.41) is 0. The van der Waals surface area contributed by atoms with Crippen molar-refractivity contribution in [1.29, 1.82) is 0 Å². The predicted octanol–water partition coefficient (Wildman–Crippen LogP) is 1.69. The lowest BCUT2D eigenvalue weighted by atomic mass is 10.2. The second-order valence-electron chi connectivity index (χ2n) is 4.47. The van der Waals surface area contributed by atoms with Gasteiger partial charge in [-0.25, -0.2) is 0 Å². The zero-order valence-corrected chi connectivity index (χ0v) is 11.4. The molecule has 1 aliphatic rings. The number of hydrogen-bond donors (Lipinski definition) is 1. The van der Waals surface area contributed by atoms with E-state index >= 15 is 0 Å². The molecule has 0 aromatic heterocycles. The maximum absolute atomic E-state index is 12.1. The molecule has 0 saturated heterocycles. The molecule has 2 unspecified atom stereocenters. The van der Waals surface area contributed by atoms with Gasteiger partial charge in [-0.1, -0.05) is 0 Å². The first kappa shape index (κ1) is 13.4. The molecule has 4 nitrogen and oxygen atoms in total. The van der Waals surface area contributed by atoms with Crippen molar-refractivity contribution in [2.75, 3.05) is 19.0 Å². The molecule has 1 heterocycles. The standard InChI is InChI=1S/C13H19NO3S/c1-10(14)3-2-8-18(15)11-4-5-12-13(9-11)17-7-6-16-12/h4-5,9-10H,2-3,6-8,14H2,1H3. The summed E-state index contributed by atoms with van der Waals surface area (Å²) in [6.45, 7) is 3.09. The first-order chi connectivity index (χ1) is 8.66. The number of fused-ring (bicyclic) bond motifs is 1. The Labute approximate surface area is 110 Å². The molecule has 0 fully saturated rings. The van der Waals surface area contributed by atoms with Crippen LogP contribution in [0.3, 0.4) is 0 Å². The Morgan fingerprint density at radius 2 is 2.06 bits per heavy atom. The minimum atomic E-state index is -0.989. The third-order valence-electron chi connectivity index (χ3n) is 2.77. The Hall–Kier alpha value is -1.07. The van der Waals surface area contributed by atoms with Crippen molar-refractivity contribution in [1.82, 2.24) is 0 Å². The molecule has 5 heteroatoms. The fourth-order valence-electron chi connectivity index (χ4n) is 1.82. The lowest BCUT2D eigenvalue weighted by Crippen LogP contribution is -2.16. The van der Waals surface area contributed by atoms with Gasteiger partial charge in [-0.3, -0.25) is 4.21 Å². The molecule has 0 radical (unpaired) electrons. The van der Waals surface area contributed by atoms with E-state index in [0.717, 1.165) is 23.5 Å². The van der Waals surface area contributed by atoms with Crippen LogP contribution in [0.5, 0.6) is 11.5 Å². The summed E-state index contributed by atoms with van der Waals surface area (Å²) in [4.78, 5) is 0.795. The number of ether oxygens (including phenoxy) is 2. The maximum atomic E-state index is 12.1. The molecule has 2 atom stereocenters. The molecule has 2 N–H and O–H groups in total. The minimum absolute atomic E-state index is 0.169. The first-order valence-electron chi connectivity index (χ1n) is 6.20. The Bertz CT molecular complexity index is 434. The van der Waals surface area contributed by atoms with E-state index in [1.54, 1.807) is 0 Å². The van der Waals surface area contributed by atoms with Gasteiger partial charge in [-0.2, -0.15) is 0 Å².